The van der Waals surface area contributed by atoms with Crippen LogP contribution in [0.2, 0.25) is 0 Å². The molecule has 178 valence electrons. The molecule has 1 aromatic rings. The molecule has 0 heterocycles. The Kier molecular flexibility index (Phi) is 9.67. The molecule has 32 heavy (non-hydrogen) atoms. The number of nitrogens with zero attached hydrogens (tertiary/aromatic N) is 2. The predicted octanol–water partition coefficient (Wildman–Crippen LogP) is 6.60. The Morgan fingerprint density at radius 2 is 1.56 bits per heavy atom. The van der Waals surface area contributed by atoms with Gasteiger partial charge in [-0.05, 0) is 60.6 Å². The molecule has 2 amide bonds. The third kappa shape index (κ3) is 5.79. The van der Waals surface area contributed by atoms with Crippen LogP contribution in [0.5, 0.6) is 0 Å². The molecule has 0 fully saturated rings. The molecule has 0 aliphatic carbocycles. The minimum atomic E-state index is -4.81. The summed E-state index contributed by atoms with van der Waals surface area (Å²) >= 11 is 0. The van der Waals surface area contributed by atoms with E-state index in [-0.39, 0.29) is 35.3 Å². The van der Waals surface area contributed by atoms with E-state index in [1.807, 2.05) is 47.4 Å². The molecule has 0 bridgehead atoms. The van der Waals surface area contributed by atoms with Crippen LogP contribution in [0, 0.1) is 0 Å². The van der Waals surface area contributed by atoms with Gasteiger partial charge in [-0.1, -0.05) is 12.1 Å². The maximum absolute atomic E-state index is 13.6. The Labute approximate surface area is 188 Å². The molecule has 1 rings (SSSR count). The number of hydrogen-bond acceptors (Lipinski definition) is 3. The van der Waals surface area contributed by atoms with Gasteiger partial charge in [0.1, 0.15) is 0 Å². The maximum Gasteiger partial charge on any atom is 0.421 e. The lowest BCUT2D eigenvalue weighted by Crippen LogP contribution is -2.41. The fourth-order valence-electron chi connectivity index (χ4n) is 4.28. The van der Waals surface area contributed by atoms with E-state index in [0.29, 0.717) is 4.90 Å². The molecule has 5 nitrogen and oxygen atoms in total. The zero-order valence-corrected chi connectivity index (χ0v) is 20.6. The molecule has 0 atom stereocenters. The predicted molar refractivity (Wildman–Crippen MR) is 125 cm³/mol. The largest absolute Gasteiger partial charge is 0.763 e. The van der Waals surface area contributed by atoms with Crippen LogP contribution < -0.4 is 4.90 Å². The fraction of sp³-hybridized carbons (Fsp3) is 0.565. The molecular formula is C23H32F3N2O3P. The number of ether oxygens (including phenoxy) is 1. The summed E-state index contributed by atoms with van der Waals surface area (Å²) in [7, 11) is -1.94. The smallest absolute Gasteiger partial charge is 0.421 e. The van der Waals surface area contributed by atoms with E-state index in [0.717, 1.165) is 12.1 Å². The first-order valence-electron chi connectivity index (χ1n) is 10.6. The molecule has 0 aliphatic heterocycles. The summed E-state index contributed by atoms with van der Waals surface area (Å²) in [5.41, 5.74) is -1.51. The second-order valence-corrected chi connectivity index (χ2v) is 13.8. The molecule has 0 saturated heterocycles. The lowest BCUT2D eigenvalue weighted by Gasteiger charge is -2.39. The number of carbonyl (C=O) groups is 2. The monoisotopic (exact) mass is 472 g/mol. The SMILES string of the molecule is CCOC(=O)N(C(=O)C(=C=[N-])C[P+](C(C)C)(C(C)C)C(C)C)c1ccccc1C(F)(F)F. The first-order chi connectivity index (χ1) is 14.7. The topological polar surface area (TPSA) is 68.9 Å². The van der Waals surface area contributed by atoms with Gasteiger partial charge in [0.15, 0.2) is 0 Å². The number of carbonyl (C=O) groups excluding carboxylic acids is 2. The van der Waals surface area contributed by atoms with Crippen LogP contribution in [0.15, 0.2) is 29.8 Å². The van der Waals surface area contributed by atoms with Gasteiger partial charge < -0.3 is 10.1 Å². The van der Waals surface area contributed by atoms with Crippen LogP contribution in [0.3, 0.4) is 0 Å². The number of alkyl halides is 3. The van der Waals surface area contributed by atoms with Crippen LogP contribution in [-0.4, -0.2) is 47.6 Å². The van der Waals surface area contributed by atoms with Crippen molar-refractivity contribution in [3.63, 3.8) is 0 Å². The van der Waals surface area contributed by atoms with Gasteiger partial charge in [0.2, 0.25) is 0 Å². The van der Waals surface area contributed by atoms with Crippen molar-refractivity contribution in [3.05, 3.63) is 40.8 Å². The Balaban J connectivity index is 3.65. The van der Waals surface area contributed by atoms with Crippen molar-refractivity contribution in [2.45, 2.75) is 71.6 Å². The highest BCUT2D eigenvalue weighted by Crippen LogP contribution is 2.70. The van der Waals surface area contributed by atoms with Gasteiger partial charge in [0, 0.05) is 7.26 Å². The summed E-state index contributed by atoms with van der Waals surface area (Å²) in [5.74, 6) is 0.816. The van der Waals surface area contributed by atoms with E-state index in [9.17, 15) is 28.2 Å². The van der Waals surface area contributed by atoms with Gasteiger partial charge in [-0.2, -0.15) is 13.2 Å². The molecule has 0 unspecified atom stereocenters. The molecule has 0 aromatic heterocycles. The molecule has 0 saturated carbocycles. The molecular weight excluding hydrogens is 440 g/mol. The summed E-state index contributed by atoms with van der Waals surface area (Å²) in [6.45, 7) is 13.6. The highest BCUT2D eigenvalue weighted by Gasteiger charge is 2.49. The fourth-order valence-corrected chi connectivity index (χ4v) is 9.71. The minimum absolute atomic E-state index is 0.138. The molecule has 0 radical (unpaired) electrons. The molecule has 0 N–H and O–H groups in total. The summed E-state index contributed by atoms with van der Waals surface area (Å²) in [5, 5.41) is 9.85. The summed E-state index contributed by atoms with van der Waals surface area (Å²) in [6.07, 6.45) is -5.91. The van der Waals surface area contributed by atoms with Crippen molar-refractivity contribution in [1.29, 1.82) is 0 Å². The maximum atomic E-state index is 13.6. The van der Waals surface area contributed by atoms with E-state index in [1.54, 1.807) is 0 Å². The van der Waals surface area contributed by atoms with Crippen LogP contribution in [0.1, 0.15) is 54.0 Å². The number of halogens is 3. The van der Waals surface area contributed by atoms with Crippen LogP contribution in [0.4, 0.5) is 23.7 Å². The Bertz CT molecular complexity index is 854. The third-order valence-corrected chi connectivity index (χ3v) is 12.4. The van der Waals surface area contributed by atoms with Crippen molar-refractivity contribution < 1.29 is 27.5 Å². The number of rotatable bonds is 8. The molecule has 0 spiro atoms. The van der Waals surface area contributed by atoms with Gasteiger partial charge in [-0.15, -0.1) is 0 Å². The van der Waals surface area contributed by atoms with E-state index in [2.05, 4.69) is 0 Å². The second kappa shape index (κ2) is 11.1. The standard InChI is InChI=1S/C23H32F3N2O3P/c1-8-31-22(30)28(20-12-10-9-11-19(20)23(24,25)26)21(29)18(13-27)14-32(15(2)3,16(4)5)17(6)7/h9-12,15-17H,8,14H2,1-7H3. The number of benzene rings is 1. The second-order valence-electron chi connectivity index (χ2n) is 8.38. The van der Waals surface area contributed by atoms with E-state index < -0.39 is 36.7 Å². The van der Waals surface area contributed by atoms with E-state index >= 15 is 0 Å². The Morgan fingerprint density at radius 1 is 1.06 bits per heavy atom. The molecule has 1 aromatic carbocycles. The zero-order valence-electron chi connectivity index (χ0n) is 19.7. The van der Waals surface area contributed by atoms with Gasteiger partial charge in [-0.25, -0.2) is 9.69 Å². The van der Waals surface area contributed by atoms with Crippen molar-refractivity contribution in [1.82, 2.24) is 0 Å². The lowest BCUT2D eigenvalue weighted by molar-refractivity contribution is -0.137. The Morgan fingerprint density at radius 3 is 1.97 bits per heavy atom. The highest BCUT2D eigenvalue weighted by atomic mass is 31.2. The summed E-state index contributed by atoms with van der Waals surface area (Å²) in [6, 6.07) is 4.28. The third-order valence-electron chi connectivity index (χ3n) is 5.81. The van der Waals surface area contributed by atoms with E-state index in [4.69, 9.17) is 4.74 Å². The Hall–Kier alpha value is -2.17. The van der Waals surface area contributed by atoms with Crippen molar-refractivity contribution >= 4 is 30.8 Å². The number of hydrogen-bond donors (Lipinski definition) is 0. The first kappa shape index (κ1) is 27.9. The number of para-hydroxylation sites is 1. The molecule has 9 heteroatoms. The quantitative estimate of drug-likeness (QED) is 0.243. The van der Waals surface area contributed by atoms with E-state index in [1.165, 1.54) is 19.1 Å². The van der Waals surface area contributed by atoms with Crippen LogP contribution in [0.25, 0.3) is 5.41 Å². The summed E-state index contributed by atoms with van der Waals surface area (Å²) in [4.78, 5) is 26.4. The minimum Gasteiger partial charge on any atom is -0.763 e. The first-order valence-corrected chi connectivity index (χ1v) is 12.7. The van der Waals surface area contributed by atoms with Gasteiger partial charge in [-0.3, -0.25) is 10.7 Å². The average molecular weight is 472 g/mol. The average Bonchev–Trinajstić information content (AvgIpc) is 2.68. The number of amides is 2. The van der Waals surface area contributed by atoms with Crippen molar-refractivity contribution in [2.75, 3.05) is 17.7 Å². The van der Waals surface area contributed by atoms with Gasteiger partial charge in [0.05, 0.1) is 46.6 Å². The number of imide groups is 1. The van der Waals surface area contributed by atoms with Crippen molar-refractivity contribution in [3.8, 4) is 0 Å². The van der Waals surface area contributed by atoms with Crippen LogP contribution in [-0.2, 0) is 15.7 Å². The highest BCUT2D eigenvalue weighted by molar-refractivity contribution is 7.78. The zero-order chi connectivity index (χ0) is 24.9. The lowest BCUT2D eigenvalue weighted by atomic mass is 10.1. The summed E-state index contributed by atoms with van der Waals surface area (Å²) < 4.78 is 45.8. The number of anilines is 1. The van der Waals surface area contributed by atoms with Crippen LogP contribution >= 0.6 is 7.26 Å². The molecule has 0 aliphatic rings. The normalized spacial score (nSPS) is 12.2. The van der Waals surface area contributed by atoms with Gasteiger partial charge in [0.25, 0.3) is 5.91 Å². The van der Waals surface area contributed by atoms with Crippen molar-refractivity contribution in [2.24, 2.45) is 0 Å². The van der Waals surface area contributed by atoms with Gasteiger partial charge >= 0.3 is 12.3 Å².